The number of halogens is 1. The quantitative estimate of drug-likeness (QED) is 0.578. The third-order valence-electron chi connectivity index (χ3n) is 3.23. The van der Waals surface area contributed by atoms with Crippen LogP contribution >= 0.6 is 0 Å². The molecule has 0 heterocycles. The Hall–Kier alpha value is -2.49. The summed E-state index contributed by atoms with van der Waals surface area (Å²) >= 11 is 0. The highest BCUT2D eigenvalue weighted by molar-refractivity contribution is 6.01. The molecule has 4 heteroatoms. The molecule has 0 spiro atoms. The summed E-state index contributed by atoms with van der Waals surface area (Å²) in [5, 5.41) is 15.4. The number of benzene rings is 2. The average molecular weight is 269 g/mol. The van der Waals surface area contributed by atoms with Gasteiger partial charge in [-0.05, 0) is 35.7 Å². The van der Waals surface area contributed by atoms with Gasteiger partial charge in [-0.15, -0.1) is 0 Å². The summed E-state index contributed by atoms with van der Waals surface area (Å²) in [7, 11) is 0. The van der Waals surface area contributed by atoms with Crippen molar-refractivity contribution in [3.63, 3.8) is 0 Å². The summed E-state index contributed by atoms with van der Waals surface area (Å²) in [6.45, 7) is 1.94. The minimum absolute atomic E-state index is 0.0221. The van der Waals surface area contributed by atoms with Crippen LogP contribution in [0.5, 0.6) is 0 Å². The van der Waals surface area contributed by atoms with Gasteiger partial charge in [0, 0.05) is 23.9 Å². The second-order valence-corrected chi connectivity index (χ2v) is 4.70. The Morgan fingerprint density at radius 2 is 2.00 bits per heavy atom. The minimum Gasteiger partial charge on any atom is -0.396 e. The number of nitrogens with one attached hydrogen (secondary N) is 2. The fourth-order valence-electron chi connectivity index (χ4n) is 2.13. The first-order chi connectivity index (χ1) is 9.52. The highest BCUT2D eigenvalue weighted by Gasteiger charge is 2.10. The summed E-state index contributed by atoms with van der Waals surface area (Å²) in [5.41, 5.74) is 8.80. The van der Waals surface area contributed by atoms with Crippen molar-refractivity contribution in [1.29, 1.82) is 10.8 Å². The molecule has 4 N–H and O–H groups in total. The molecule has 0 aliphatic rings. The molecular formula is C16H16FN3. The second-order valence-electron chi connectivity index (χ2n) is 4.70. The molecule has 0 amide bonds. The first kappa shape index (κ1) is 13.9. The lowest BCUT2D eigenvalue weighted by Gasteiger charge is -2.10. The van der Waals surface area contributed by atoms with Gasteiger partial charge < -0.3 is 16.6 Å². The number of nitrogens with two attached hydrogens (primary N) is 1. The summed E-state index contributed by atoms with van der Waals surface area (Å²) in [6, 6.07) is 10.6. The summed E-state index contributed by atoms with van der Waals surface area (Å²) in [6.07, 6.45) is 1.34. The molecule has 20 heavy (non-hydrogen) atoms. The lowest BCUT2D eigenvalue weighted by atomic mass is 9.97. The van der Waals surface area contributed by atoms with Gasteiger partial charge in [0.25, 0.3) is 0 Å². The Kier molecular flexibility index (Phi) is 3.94. The standard InChI is InChI=1S/C16H16FN3/c1-10-4-2-3-5-13(10)15(19)8-11-6-12(9-18)16(20)14(17)7-11/h2-7,9,18-19H,8,20H2,1H3. The maximum Gasteiger partial charge on any atom is 0.147 e. The number of hydrogen-bond acceptors (Lipinski definition) is 3. The third kappa shape index (κ3) is 2.74. The van der Waals surface area contributed by atoms with Gasteiger partial charge >= 0.3 is 0 Å². The molecule has 0 saturated carbocycles. The zero-order valence-corrected chi connectivity index (χ0v) is 11.2. The number of hydrogen-bond donors (Lipinski definition) is 3. The van der Waals surface area contributed by atoms with Crippen LogP contribution in [0.2, 0.25) is 0 Å². The van der Waals surface area contributed by atoms with Crippen LogP contribution in [-0.4, -0.2) is 11.9 Å². The van der Waals surface area contributed by atoms with Gasteiger partial charge in [0.15, 0.2) is 0 Å². The molecular weight excluding hydrogens is 253 g/mol. The second kappa shape index (κ2) is 5.65. The van der Waals surface area contributed by atoms with Crippen molar-refractivity contribution in [2.24, 2.45) is 0 Å². The van der Waals surface area contributed by atoms with Crippen LogP contribution < -0.4 is 5.73 Å². The van der Waals surface area contributed by atoms with Gasteiger partial charge in [-0.2, -0.15) is 0 Å². The van der Waals surface area contributed by atoms with Crippen molar-refractivity contribution < 1.29 is 4.39 Å². The van der Waals surface area contributed by atoms with Crippen molar-refractivity contribution >= 4 is 17.6 Å². The van der Waals surface area contributed by atoms with Crippen LogP contribution in [0.1, 0.15) is 22.3 Å². The van der Waals surface area contributed by atoms with Crippen molar-refractivity contribution in [1.82, 2.24) is 0 Å². The number of nitrogen functional groups attached to an aromatic ring is 1. The van der Waals surface area contributed by atoms with E-state index in [9.17, 15) is 4.39 Å². The lowest BCUT2D eigenvalue weighted by molar-refractivity contribution is 0.631. The van der Waals surface area contributed by atoms with E-state index in [2.05, 4.69) is 0 Å². The number of aryl methyl sites for hydroxylation is 1. The molecule has 2 aromatic rings. The maximum absolute atomic E-state index is 13.7. The van der Waals surface area contributed by atoms with E-state index in [1.807, 2.05) is 31.2 Å². The van der Waals surface area contributed by atoms with Crippen molar-refractivity contribution in [2.75, 3.05) is 5.73 Å². The van der Waals surface area contributed by atoms with E-state index in [0.29, 0.717) is 23.3 Å². The number of anilines is 1. The van der Waals surface area contributed by atoms with Crippen LogP contribution in [0.15, 0.2) is 36.4 Å². The van der Waals surface area contributed by atoms with E-state index in [1.165, 1.54) is 6.07 Å². The smallest absolute Gasteiger partial charge is 0.147 e. The zero-order valence-electron chi connectivity index (χ0n) is 11.2. The van der Waals surface area contributed by atoms with E-state index in [1.54, 1.807) is 6.07 Å². The SMILES string of the molecule is Cc1ccccc1C(=N)Cc1cc(F)c(N)c(C=N)c1. The highest BCUT2D eigenvalue weighted by Crippen LogP contribution is 2.19. The molecule has 2 aromatic carbocycles. The molecule has 0 aliphatic heterocycles. The van der Waals surface area contributed by atoms with Gasteiger partial charge in [0.2, 0.25) is 0 Å². The predicted octanol–water partition coefficient (Wildman–Crippen LogP) is 3.32. The fourth-order valence-corrected chi connectivity index (χ4v) is 2.13. The first-order valence-electron chi connectivity index (χ1n) is 6.24. The van der Waals surface area contributed by atoms with E-state index < -0.39 is 5.82 Å². The first-order valence-corrected chi connectivity index (χ1v) is 6.24. The minimum atomic E-state index is -0.543. The molecule has 0 bridgehead atoms. The fraction of sp³-hybridized carbons (Fsp3) is 0.125. The van der Waals surface area contributed by atoms with E-state index in [4.69, 9.17) is 16.6 Å². The molecule has 3 nitrogen and oxygen atoms in total. The topological polar surface area (TPSA) is 73.7 Å². The largest absolute Gasteiger partial charge is 0.396 e. The monoisotopic (exact) mass is 269 g/mol. The Labute approximate surface area is 117 Å². The van der Waals surface area contributed by atoms with Crippen LogP contribution in [0.3, 0.4) is 0 Å². The van der Waals surface area contributed by atoms with Crippen LogP contribution in [0.4, 0.5) is 10.1 Å². The highest BCUT2D eigenvalue weighted by atomic mass is 19.1. The summed E-state index contributed by atoms with van der Waals surface area (Å²) in [5.74, 6) is -0.543. The zero-order chi connectivity index (χ0) is 14.7. The molecule has 0 fully saturated rings. The Morgan fingerprint density at radius 3 is 2.65 bits per heavy atom. The van der Waals surface area contributed by atoms with E-state index in [0.717, 1.165) is 17.3 Å². The van der Waals surface area contributed by atoms with Gasteiger partial charge in [-0.25, -0.2) is 4.39 Å². The molecule has 0 unspecified atom stereocenters. The molecule has 0 aromatic heterocycles. The van der Waals surface area contributed by atoms with Gasteiger partial charge in [-0.3, -0.25) is 0 Å². The maximum atomic E-state index is 13.7. The molecule has 0 aliphatic carbocycles. The predicted molar refractivity (Wildman–Crippen MR) is 80.4 cm³/mol. The molecule has 0 atom stereocenters. The van der Waals surface area contributed by atoms with Gasteiger partial charge in [0.1, 0.15) is 5.82 Å². The van der Waals surface area contributed by atoms with Crippen molar-refractivity contribution in [2.45, 2.75) is 13.3 Å². The van der Waals surface area contributed by atoms with E-state index >= 15 is 0 Å². The molecule has 0 radical (unpaired) electrons. The van der Waals surface area contributed by atoms with Crippen LogP contribution in [0.25, 0.3) is 0 Å². The molecule has 102 valence electrons. The third-order valence-corrected chi connectivity index (χ3v) is 3.23. The molecule has 0 saturated heterocycles. The Bertz CT molecular complexity index is 677. The van der Waals surface area contributed by atoms with Gasteiger partial charge in [0.05, 0.1) is 5.69 Å². The number of rotatable bonds is 4. The van der Waals surface area contributed by atoms with Crippen molar-refractivity contribution in [3.8, 4) is 0 Å². The lowest BCUT2D eigenvalue weighted by Crippen LogP contribution is -2.07. The van der Waals surface area contributed by atoms with Gasteiger partial charge in [-0.1, -0.05) is 24.3 Å². The summed E-state index contributed by atoms with van der Waals surface area (Å²) < 4.78 is 13.7. The van der Waals surface area contributed by atoms with Crippen LogP contribution in [-0.2, 0) is 6.42 Å². The normalized spacial score (nSPS) is 10.3. The summed E-state index contributed by atoms with van der Waals surface area (Å²) in [4.78, 5) is 0. The molecule has 2 rings (SSSR count). The van der Waals surface area contributed by atoms with Crippen LogP contribution in [0, 0.1) is 23.6 Å². The van der Waals surface area contributed by atoms with E-state index in [-0.39, 0.29) is 5.69 Å². The Balaban J connectivity index is 2.31. The van der Waals surface area contributed by atoms with Crippen molar-refractivity contribution in [3.05, 3.63) is 64.5 Å². The average Bonchev–Trinajstić information content (AvgIpc) is 2.43. The Morgan fingerprint density at radius 1 is 1.30 bits per heavy atom.